The minimum Gasteiger partial charge on any atom is -0.0666 e. The van der Waals surface area contributed by atoms with Crippen molar-refractivity contribution in [2.45, 2.75) is 52.4 Å². The van der Waals surface area contributed by atoms with Crippen LogP contribution in [-0.4, -0.2) is 28.6 Å². The predicted molar refractivity (Wildman–Crippen MR) is 283 cm³/mol. The van der Waals surface area contributed by atoms with Crippen molar-refractivity contribution in [3.05, 3.63) is 211 Å². The molecule has 0 amide bonds. The first kappa shape index (κ1) is 32.2. The third-order valence-electron chi connectivity index (χ3n) is 12.7. The number of hydrogen-bond acceptors (Lipinski definition) is 2. The summed E-state index contributed by atoms with van der Waals surface area (Å²) in [5.74, 6) is 1.96. The fraction of sp³-hybridized carbons (Fsp3) is 0.129. The van der Waals surface area contributed by atoms with Gasteiger partial charge in [-0.2, -0.15) is 0 Å². The van der Waals surface area contributed by atoms with Gasteiger partial charge in [-0.15, -0.1) is 0 Å². The summed E-state index contributed by atoms with van der Waals surface area (Å²) in [7, 11) is 0. The van der Waals surface area contributed by atoms with E-state index in [1.807, 2.05) is 53.2 Å². The van der Waals surface area contributed by atoms with Crippen molar-refractivity contribution >= 4 is 66.6 Å². The van der Waals surface area contributed by atoms with Crippen molar-refractivity contribution in [1.29, 1.82) is 0 Å². The van der Waals surface area contributed by atoms with Gasteiger partial charge in [-0.1, -0.05) is 124 Å². The van der Waals surface area contributed by atoms with Crippen LogP contribution in [-0.2, 0) is 10.8 Å². The molecule has 0 aliphatic rings. The second-order valence-corrected chi connectivity index (χ2v) is 21.4. The molecule has 330 valence electrons. The van der Waals surface area contributed by atoms with Crippen molar-refractivity contribution < 1.29 is 23.0 Å². The Morgan fingerprint density at radius 1 is 0.559 bits per heavy atom. The summed E-state index contributed by atoms with van der Waals surface area (Å²) in [6.07, 6.45) is 5.42. The van der Waals surface area contributed by atoms with Gasteiger partial charge >= 0.3 is 231 Å². The first-order valence-electron chi connectivity index (χ1n) is 27.5. The van der Waals surface area contributed by atoms with Crippen LogP contribution in [0.3, 0.4) is 0 Å². The van der Waals surface area contributed by atoms with Crippen LogP contribution >= 0.6 is 0 Å². The fourth-order valence-corrected chi connectivity index (χ4v) is 11.6. The van der Waals surface area contributed by atoms with Gasteiger partial charge < -0.3 is 0 Å². The molecule has 0 aliphatic carbocycles. The van der Waals surface area contributed by atoms with Gasteiger partial charge in [0.25, 0.3) is 6.33 Å². The van der Waals surface area contributed by atoms with Crippen molar-refractivity contribution in [3.63, 3.8) is 0 Å². The Balaban J connectivity index is 1.07. The van der Waals surface area contributed by atoms with E-state index in [4.69, 9.17) is 23.4 Å². The van der Waals surface area contributed by atoms with Crippen LogP contribution < -0.4 is 9.30 Å². The Labute approximate surface area is 417 Å². The predicted octanol–water partition coefficient (Wildman–Crippen LogP) is 15.3. The molecule has 0 radical (unpaired) electrons. The summed E-state index contributed by atoms with van der Waals surface area (Å²) in [6, 6.07) is 37.0. The molecule has 0 atom stereocenters. The Hall–Kier alpha value is -7.50. The number of rotatable bonds is 7. The molecule has 0 N–H and O–H groups in total. The molecule has 12 aromatic rings. The van der Waals surface area contributed by atoms with E-state index in [1.165, 1.54) is 19.3 Å². The Morgan fingerprint density at radius 3 is 1.99 bits per heavy atom. The number of imidazole rings is 1. The topological polar surface area (TPSA) is 35.9 Å². The number of para-hydroxylation sites is 3. The smallest absolute Gasteiger partial charge is 0.0666 e. The molecule has 68 heavy (non-hydrogen) atoms. The second kappa shape index (κ2) is 16.1. The summed E-state index contributed by atoms with van der Waals surface area (Å²) in [5, 5.41) is 4.73. The number of fused-ring (bicyclic) bond motifs is 7. The van der Waals surface area contributed by atoms with Crippen molar-refractivity contribution in [3.8, 4) is 50.9 Å². The van der Waals surface area contributed by atoms with E-state index in [1.54, 1.807) is 22.8 Å². The third kappa shape index (κ3) is 7.24. The monoisotopic (exact) mass is 956 g/mol. The van der Waals surface area contributed by atoms with E-state index >= 15 is 0 Å². The van der Waals surface area contributed by atoms with E-state index in [9.17, 15) is 0 Å². The summed E-state index contributed by atoms with van der Waals surface area (Å²) in [5.41, 5.74) is 5.76. The molecular formula is C62H50N4OSe. The van der Waals surface area contributed by atoms with Gasteiger partial charge in [0, 0.05) is 0 Å². The molecule has 0 fully saturated rings. The van der Waals surface area contributed by atoms with Crippen LogP contribution in [0.5, 0.6) is 11.5 Å². The fourth-order valence-electron chi connectivity index (χ4n) is 9.25. The number of benzene rings is 8. The molecule has 4 heterocycles. The minimum atomic E-state index is -0.565. The van der Waals surface area contributed by atoms with Gasteiger partial charge in [-0.3, -0.25) is 4.57 Å². The van der Waals surface area contributed by atoms with E-state index in [0.717, 1.165) is 38.8 Å². The van der Waals surface area contributed by atoms with Gasteiger partial charge in [0.15, 0.2) is 0 Å². The van der Waals surface area contributed by atoms with E-state index in [0.29, 0.717) is 28.2 Å². The van der Waals surface area contributed by atoms with Gasteiger partial charge in [0.05, 0.1) is 30.4 Å². The van der Waals surface area contributed by atoms with Crippen LogP contribution in [0.2, 0.25) is 0 Å². The molecular weight excluding hydrogens is 896 g/mol. The van der Waals surface area contributed by atoms with E-state index in [2.05, 4.69) is 119 Å². The summed E-state index contributed by atoms with van der Waals surface area (Å²) < 4.78 is 103. The van der Waals surface area contributed by atoms with Crippen LogP contribution in [0, 0.1) is 6.33 Å². The SMILES string of the molecule is [2H]c1c([2H])c([2H])c(-c2cccc(-c3c([2H])c([2H])c([2H])c([2H])c3[2H])c2-[n+]2[c-]n(-c3cc(Oc4ccc5c6cc7c(cc6n(-c6cc(C(C)(C)C)ccn6)c5c4)[se]c4ccccc47)cc(C(C)(C)C)c3)c3ccccc32)c([2H])c1[2H]. The number of pyridine rings is 1. The van der Waals surface area contributed by atoms with Crippen molar-refractivity contribution in [2.24, 2.45) is 0 Å². The Kier molecular flexibility index (Phi) is 7.63. The molecule has 0 spiro atoms. The average molecular weight is 956 g/mol. The Morgan fingerprint density at radius 2 is 1.25 bits per heavy atom. The van der Waals surface area contributed by atoms with Gasteiger partial charge in [0.2, 0.25) is 0 Å². The number of ether oxygens (including phenoxy) is 1. The molecule has 4 aromatic heterocycles. The van der Waals surface area contributed by atoms with Crippen LogP contribution in [0.15, 0.2) is 194 Å². The van der Waals surface area contributed by atoms with E-state index < -0.39 is 60.4 Å². The quantitative estimate of drug-likeness (QED) is 0.0906. The summed E-state index contributed by atoms with van der Waals surface area (Å²) in [4.78, 5) is 4.99. The van der Waals surface area contributed by atoms with Crippen molar-refractivity contribution in [2.75, 3.05) is 0 Å². The maximum atomic E-state index is 9.13. The Bertz CT molecular complexity index is 4380. The van der Waals surface area contributed by atoms with Crippen molar-refractivity contribution in [1.82, 2.24) is 14.1 Å². The van der Waals surface area contributed by atoms with Crippen LogP contribution in [0.4, 0.5) is 0 Å². The number of nitrogens with zero attached hydrogens (tertiary/aromatic N) is 4. The molecule has 5 nitrogen and oxygen atoms in total. The second-order valence-electron chi connectivity index (χ2n) is 19.2. The molecule has 0 unspecified atom stereocenters. The van der Waals surface area contributed by atoms with Crippen LogP contribution in [0.25, 0.3) is 91.6 Å². The summed E-state index contributed by atoms with van der Waals surface area (Å²) in [6.45, 7) is 13.0. The minimum absolute atomic E-state index is 0.116. The average Bonchev–Trinajstić information content (AvgIpc) is 4.21. The molecule has 0 saturated carbocycles. The first-order valence-corrected chi connectivity index (χ1v) is 24.2. The zero-order valence-corrected chi connectivity index (χ0v) is 40.0. The molecule has 0 saturated heterocycles. The van der Waals surface area contributed by atoms with Gasteiger partial charge in [0.1, 0.15) is 0 Å². The van der Waals surface area contributed by atoms with Gasteiger partial charge in [-0.05, 0) is 22.3 Å². The molecule has 8 aromatic carbocycles. The first-order chi connectivity index (χ1) is 37.1. The number of hydrogen-bond donors (Lipinski definition) is 0. The maximum absolute atomic E-state index is 9.13. The zero-order chi connectivity index (χ0) is 55.0. The van der Waals surface area contributed by atoms with Crippen LogP contribution in [0.1, 0.15) is 66.4 Å². The molecule has 12 rings (SSSR count). The normalized spacial score (nSPS) is 14.3. The standard InChI is InChI=1S/C62H50N4OSe/c1-61(2,3)42-30-31-63-59(34-42)66-55-36-45(28-29-49(55)51-37-52-50-22-13-16-27-57(50)68-58(52)38-56(51)66)67-46-33-43(62(4,5)6)32-44(35-46)64-39-65(54-26-15-14-25-53(54)64)60-47(40-18-9-7-10-19-40)23-17-24-48(60)41-20-11-8-12-21-41/h7-38H,1-6H3/i7D,8D,9D,10D,11D,12D,18D,19D,20D,21D. The summed E-state index contributed by atoms with van der Waals surface area (Å²) >= 11 is 0.147. The number of aromatic nitrogens is 4. The molecule has 6 heteroatoms. The van der Waals surface area contributed by atoms with E-state index in [-0.39, 0.29) is 53.3 Å². The van der Waals surface area contributed by atoms with Gasteiger partial charge in [-0.25, -0.2) is 0 Å². The zero-order valence-electron chi connectivity index (χ0n) is 48.3. The molecule has 0 aliphatic heterocycles. The third-order valence-corrected chi connectivity index (χ3v) is 15.1. The molecule has 0 bridgehead atoms.